The molecule has 1 aliphatic heterocycles. The molecule has 1 heterocycles. The van der Waals surface area contributed by atoms with Crippen LogP contribution in [0.25, 0.3) is 0 Å². The number of carbonyl (C=O) groups is 1. The van der Waals surface area contributed by atoms with Crippen LogP contribution >= 0.6 is 12.4 Å². The number of ether oxygens (including phenoxy) is 3. The minimum absolute atomic E-state index is 0. The van der Waals surface area contributed by atoms with Crippen molar-refractivity contribution in [3.8, 4) is 11.5 Å². The van der Waals surface area contributed by atoms with Gasteiger partial charge in [-0.15, -0.1) is 12.4 Å². The highest BCUT2D eigenvalue weighted by Crippen LogP contribution is 2.29. The van der Waals surface area contributed by atoms with E-state index >= 15 is 0 Å². The number of amides is 1. The van der Waals surface area contributed by atoms with Crippen LogP contribution in [0.4, 0.5) is 8.78 Å². The fourth-order valence-electron chi connectivity index (χ4n) is 2.16. The maximum atomic E-state index is 12.3. The summed E-state index contributed by atoms with van der Waals surface area (Å²) >= 11 is 0. The molecule has 1 aromatic rings. The van der Waals surface area contributed by atoms with Crippen LogP contribution < -0.4 is 20.1 Å². The molecule has 0 saturated carbocycles. The van der Waals surface area contributed by atoms with E-state index in [1.165, 1.54) is 6.07 Å². The van der Waals surface area contributed by atoms with Gasteiger partial charge in [-0.3, -0.25) is 4.79 Å². The van der Waals surface area contributed by atoms with Gasteiger partial charge in [-0.2, -0.15) is 8.78 Å². The normalized spacial score (nSPS) is 17.1. The lowest BCUT2D eigenvalue weighted by Gasteiger charge is -2.22. The molecule has 0 radical (unpaired) electrons. The average Bonchev–Trinajstić information content (AvgIpc) is 2.55. The average molecular weight is 367 g/mol. The van der Waals surface area contributed by atoms with Gasteiger partial charge in [0, 0.05) is 19.6 Å². The zero-order chi connectivity index (χ0) is 16.7. The topological polar surface area (TPSA) is 68.8 Å². The Bertz CT molecular complexity index is 528. The van der Waals surface area contributed by atoms with Gasteiger partial charge in [-0.1, -0.05) is 6.07 Å². The van der Waals surface area contributed by atoms with Gasteiger partial charge < -0.3 is 24.8 Å². The second kappa shape index (κ2) is 10.3. The number of benzene rings is 1. The Balaban J connectivity index is 0.00000288. The molecule has 1 unspecified atom stereocenters. The van der Waals surface area contributed by atoms with Gasteiger partial charge in [0.2, 0.25) is 0 Å². The van der Waals surface area contributed by atoms with Crippen molar-refractivity contribution in [2.75, 3.05) is 26.3 Å². The largest absolute Gasteiger partial charge is 0.490 e. The van der Waals surface area contributed by atoms with Gasteiger partial charge in [0.1, 0.15) is 6.10 Å². The van der Waals surface area contributed by atoms with Gasteiger partial charge in [-0.05, 0) is 24.6 Å². The van der Waals surface area contributed by atoms with E-state index in [1.54, 1.807) is 19.1 Å². The molecule has 24 heavy (non-hydrogen) atoms. The molecule has 9 heteroatoms. The summed E-state index contributed by atoms with van der Waals surface area (Å²) in [5.41, 5.74) is 0.715. The maximum Gasteiger partial charge on any atom is 0.387 e. The molecule has 0 aliphatic carbocycles. The van der Waals surface area contributed by atoms with Crippen molar-refractivity contribution in [2.24, 2.45) is 0 Å². The molecule has 1 amide bonds. The van der Waals surface area contributed by atoms with Crippen LogP contribution in [0.3, 0.4) is 0 Å². The molecule has 1 fully saturated rings. The van der Waals surface area contributed by atoms with E-state index < -0.39 is 12.7 Å². The highest BCUT2D eigenvalue weighted by Gasteiger charge is 2.21. The quantitative estimate of drug-likeness (QED) is 0.769. The highest BCUT2D eigenvalue weighted by molar-refractivity contribution is 5.85. The molecule has 6 nitrogen and oxygen atoms in total. The standard InChI is InChI=1S/C15H20F2N2O4.ClH/c1-2-21-12-7-10(3-4-11(12)23-15(16)17)8-19-14(20)13-9-18-5-6-22-13;/h3-4,7,13,15,18H,2,5-6,8-9H2,1H3,(H,19,20);1H. The van der Waals surface area contributed by atoms with Crippen LogP contribution in [0.2, 0.25) is 0 Å². The Kier molecular flexibility index (Phi) is 8.73. The summed E-state index contributed by atoms with van der Waals surface area (Å²) in [6, 6.07) is 4.57. The molecular formula is C15H21ClF2N2O4. The highest BCUT2D eigenvalue weighted by atomic mass is 35.5. The molecule has 2 N–H and O–H groups in total. The van der Waals surface area contributed by atoms with Gasteiger partial charge in [0.25, 0.3) is 5.91 Å². The summed E-state index contributed by atoms with van der Waals surface area (Å²) in [4.78, 5) is 12.0. The van der Waals surface area contributed by atoms with Crippen molar-refractivity contribution < 1.29 is 27.8 Å². The Morgan fingerprint density at radius 2 is 2.25 bits per heavy atom. The van der Waals surface area contributed by atoms with E-state index in [0.29, 0.717) is 25.3 Å². The summed E-state index contributed by atoms with van der Waals surface area (Å²) < 4.78 is 39.7. The second-order valence-electron chi connectivity index (χ2n) is 4.87. The SMILES string of the molecule is CCOc1cc(CNC(=O)C2CNCCO2)ccc1OC(F)F.Cl. The number of nitrogens with one attached hydrogen (secondary N) is 2. The zero-order valence-corrected chi connectivity index (χ0v) is 14.0. The molecule has 1 aliphatic rings. The summed E-state index contributed by atoms with van der Waals surface area (Å²) in [6.07, 6.45) is -0.517. The van der Waals surface area contributed by atoms with E-state index in [4.69, 9.17) is 9.47 Å². The minimum atomic E-state index is -2.92. The molecular weight excluding hydrogens is 346 g/mol. The zero-order valence-electron chi connectivity index (χ0n) is 13.2. The third kappa shape index (κ3) is 6.10. The van der Waals surface area contributed by atoms with Crippen molar-refractivity contribution >= 4 is 18.3 Å². The Hall–Kier alpha value is -1.64. The van der Waals surface area contributed by atoms with Crippen molar-refractivity contribution in [3.63, 3.8) is 0 Å². The first-order valence-electron chi connectivity index (χ1n) is 7.40. The van der Waals surface area contributed by atoms with Crippen molar-refractivity contribution in [2.45, 2.75) is 26.2 Å². The van der Waals surface area contributed by atoms with E-state index in [2.05, 4.69) is 15.4 Å². The van der Waals surface area contributed by atoms with Crippen LogP contribution in [0.1, 0.15) is 12.5 Å². The predicted octanol–water partition coefficient (Wildman–Crippen LogP) is 1.71. The van der Waals surface area contributed by atoms with Crippen LogP contribution in [-0.4, -0.2) is 44.9 Å². The van der Waals surface area contributed by atoms with E-state index in [-0.39, 0.29) is 36.4 Å². The molecule has 0 spiro atoms. The number of morpholine rings is 1. The number of alkyl halides is 2. The lowest BCUT2D eigenvalue weighted by atomic mass is 10.2. The van der Waals surface area contributed by atoms with Gasteiger partial charge in [0.15, 0.2) is 11.5 Å². The lowest BCUT2D eigenvalue weighted by Crippen LogP contribution is -2.47. The van der Waals surface area contributed by atoms with Crippen LogP contribution in [-0.2, 0) is 16.1 Å². The maximum absolute atomic E-state index is 12.3. The van der Waals surface area contributed by atoms with Crippen LogP contribution in [0, 0.1) is 0 Å². The number of carbonyl (C=O) groups excluding carboxylic acids is 1. The summed E-state index contributed by atoms with van der Waals surface area (Å²) in [5, 5.41) is 5.82. The van der Waals surface area contributed by atoms with Crippen LogP contribution in [0.5, 0.6) is 11.5 Å². The third-order valence-corrected chi connectivity index (χ3v) is 3.21. The van der Waals surface area contributed by atoms with Gasteiger partial charge in [-0.25, -0.2) is 0 Å². The van der Waals surface area contributed by atoms with Crippen molar-refractivity contribution in [1.29, 1.82) is 0 Å². The summed E-state index contributed by atoms with van der Waals surface area (Å²) in [7, 11) is 0. The van der Waals surface area contributed by atoms with Crippen molar-refractivity contribution in [3.05, 3.63) is 23.8 Å². The fraction of sp³-hybridized carbons (Fsp3) is 0.533. The Morgan fingerprint density at radius 1 is 1.46 bits per heavy atom. The minimum Gasteiger partial charge on any atom is -0.490 e. The third-order valence-electron chi connectivity index (χ3n) is 3.21. The van der Waals surface area contributed by atoms with E-state index in [9.17, 15) is 13.6 Å². The van der Waals surface area contributed by atoms with E-state index in [1.807, 2.05) is 0 Å². The van der Waals surface area contributed by atoms with Crippen molar-refractivity contribution in [1.82, 2.24) is 10.6 Å². The molecule has 1 atom stereocenters. The first-order valence-corrected chi connectivity index (χ1v) is 7.40. The Morgan fingerprint density at radius 3 is 2.88 bits per heavy atom. The van der Waals surface area contributed by atoms with E-state index in [0.717, 1.165) is 6.54 Å². The molecule has 0 aromatic heterocycles. The summed E-state index contributed by atoms with van der Waals surface area (Å²) in [6.45, 7) is 1.07. The molecule has 136 valence electrons. The molecule has 2 rings (SSSR count). The lowest BCUT2D eigenvalue weighted by molar-refractivity contribution is -0.134. The monoisotopic (exact) mass is 366 g/mol. The number of rotatable bonds is 7. The predicted molar refractivity (Wildman–Crippen MR) is 85.9 cm³/mol. The fourth-order valence-corrected chi connectivity index (χ4v) is 2.16. The molecule has 1 saturated heterocycles. The van der Waals surface area contributed by atoms with Gasteiger partial charge in [0.05, 0.1) is 13.2 Å². The summed E-state index contributed by atoms with van der Waals surface area (Å²) in [5.74, 6) is -0.0325. The number of hydrogen-bond donors (Lipinski definition) is 2. The first-order chi connectivity index (χ1) is 11.1. The first kappa shape index (κ1) is 20.4. The second-order valence-corrected chi connectivity index (χ2v) is 4.87. The van der Waals surface area contributed by atoms with Gasteiger partial charge >= 0.3 is 6.61 Å². The Labute approximate surface area is 145 Å². The number of hydrogen-bond acceptors (Lipinski definition) is 5. The molecule has 0 bridgehead atoms. The number of halogens is 3. The molecule has 1 aromatic carbocycles. The smallest absolute Gasteiger partial charge is 0.387 e. The van der Waals surface area contributed by atoms with Crippen LogP contribution in [0.15, 0.2) is 18.2 Å².